The lowest BCUT2D eigenvalue weighted by Crippen LogP contribution is -2.26. The summed E-state index contributed by atoms with van der Waals surface area (Å²) in [5, 5.41) is 3.13. The van der Waals surface area contributed by atoms with E-state index in [1.165, 1.54) is 11.1 Å². The molecule has 8 nitrogen and oxygen atoms in total. The van der Waals surface area contributed by atoms with Crippen LogP contribution in [0.2, 0.25) is 0 Å². The number of hydrogen-bond donors (Lipinski definition) is 1. The highest BCUT2D eigenvalue weighted by molar-refractivity contribution is 5.79. The molecule has 1 saturated carbocycles. The second-order valence-corrected chi connectivity index (χ2v) is 8.10. The van der Waals surface area contributed by atoms with Gasteiger partial charge < -0.3 is 10.2 Å². The first-order valence-electron chi connectivity index (χ1n) is 10.2. The van der Waals surface area contributed by atoms with E-state index in [4.69, 9.17) is 0 Å². The van der Waals surface area contributed by atoms with Gasteiger partial charge in [0.25, 0.3) is 5.92 Å². The summed E-state index contributed by atoms with van der Waals surface area (Å²) in [5.74, 6) is -1.44. The summed E-state index contributed by atoms with van der Waals surface area (Å²) >= 11 is 0. The Morgan fingerprint density at radius 3 is 2.70 bits per heavy atom. The van der Waals surface area contributed by atoms with E-state index in [0.717, 1.165) is 36.7 Å². The molecule has 0 radical (unpaired) electrons. The number of halogens is 2. The molecule has 0 bridgehead atoms. The minimum atomic E-state index is -2.71. The van der Waals surface area contributed by atoms with Crippen molar-refractivity contribution in [1.82, 2.24) is 24.1 Å². The number of nitrogens with zero attached hydrogens (tertiary/aromatic N) is 6. The van der Waals surface area contributed by atoms with Gasteiger partial charge in [0.2, 0.25) is 5.95 Å². The lowest BCUT2D eigenvalue weighted by atomic mass is 10.2. The van der Waals surface area contributed by atoms with Crippen molar-refractivity contribution in [3.63, 3.8) is 0 Å². The van der Waals surface area contributed by atoms with E-state index in [-0.39, 0.29) is 37.2 Å². The smallest absolute Gasteiger partial charge is 0.329 e. The summed E-state index contributed by atoms with van der Waals surface area (Å²) in [6.45, 7) is -0.156. The third kappa shape index (κ3) is 3.29. The van der Waals surface area contributed by atoms with Crippen molar-refractivity contribution in [1.29, 1.82) is 0 Å². The maximum Gasteiger partial charge on any atom is 0.329 e. The highest BCUT2D eigenvalue weighted by Crippen LogP contribution is 2.32. The molecule has 0 atom stereocenters. The van der Waals surface area contributed by atoms with Crippen LogP contribution in [0.15, 0.2) is 29.3 Å². The van der Waals surface area contributed by atoms with E-state index in [9.17, 15) is 13.6 Å². The van der Waals surface area contributed by atoms with Gasteiger partial charge in [-0.1, -0.05) is 12.8 Å². The average molecular weight is 415 g/mol. The number of anilines is 3. The molecule has 10 heteroatoms. The number of fused-ring (bicyclic) bond motifs is 1. The number of rotatable bonds is 4. The fraction of sp³-hybridized carbons (Fsp3) is 0.500. The second kappa shape index (κ2) is 7.03. The second-order valence-electron chi connectivity index (χ2n) is 8.10. The van der Waals surface area contributed by atoms with Gasteiger partial charge in [-0.15, -0.1) is 0 Å². The monoisotopic (exact) mass is 415 g/mol. The van der Waals surface area contributed by atoms with E-state index >= 15 is 0 Å². The summed E-state index contributed by atoms with van der Waals surface area (Å²) in [6.07, 6.45) is 7.27. The Hall–Kier alpha value is -3.04. The predicted octanol–water partition coefficient (Wildman–Crippen LogP) is 3.23. The Kier molecular flexibility index (Phi) is 4.44. The van der Waals surface area contributed by atoms with Gasteiger partial charge in [0, 0.05) is 38.3 Å². The summed E-state index contributed by atoms with van der Waals surface area (Å²) in [6, 6.07) is 3.72. The Bertz CT molecular complexity index is 1150. The molecule has 1 aliphatic heterocycles. The molecule has 3 aromatic rings. The van der Waals surface area contributed by atoms with Gasteiger partial charge in [0.05, 0.1) is 23.8 Å². The van der Waals surface area contributed by atoms with Gasteiger partial charge in [-0.05, 0) is 18.9 Å². The summed E-state index contributed by atoms with van der Waals surface area (Å²) in [4.78, 5) is 27.2. The van der Waals surface area contributed by atoms with Crippen molar-refractivity contribution in [3.05, 3.63) is 35.0 Å². The van der Waals surface area contributed by atoms with Gasteiger partial charge in [-0.25, -0.2) is 23.5 Å². The van der Waals surface area contributed by atoms with Crippen LogP contribution in [-0.4, -0.2) is 43.1 Å². The molecule has 0 unspecified atom stereocenters. The van der Waals surface area contributed by atoms with Crippen molar-refractivity contribution in [2.75, 3.05) is 23.3 Å². The van der Waals surface area contributed by atoms with Crippen molar-refractivity contribution in [2.24, 2.45) is 7.05 Å². The molecule has 30 heavy (non-hydrogen) atoms. The summed E-state index contributed by atoms with van der Waals surface area (Å²) in [7, 11) is 1.76. The van der Waals surface area contributed by atoms with Crippen LogP contribution in [0.3, 0.4) is 0 Å². The lowest BCUT2D eigenvalue weighted by molar-refractivity contribution is 0.0256. The quantitative estimate of drug-likeness (QED) is 0.705. The van der Waals surface area contributed by atoms with Crippen LogP contribution in [0.1, 0.15) is 38.1 Å². The molecule has 1 saturated heterocycles. The highest BCUT2D eigenvalue weighted by Gasteiger charge is 2.39. The molecule has 1 aliphatic carbocycles. The van der Waals surface area contributed by atoms with E-state index in [0.29, 0.717) is 11.6 Å². The van der Waals surface area contributed by atoms with Crippen molar-refractivity contribution in [2.45, 2.75) is 44.1 Å². The van der Waals surface area contributed by atoms with Crippen LogP contribution in [0.25, 0.3) is 11.0 Å². The van der Waals surface area contributed by atoms with Crippen molar-refractivity contribution in [3.8, 4) is 0 Å². The number of aromatic nitrogens is 5. The van der Waals surface area contributed by atoms with E-state index < -0.39 is 5.92 Å². The first-order chi connectivity index (χ1) is 14.4. The largest absolute Gasteiger partial charge is 0.335 e. The van der Waals surface area contributed by atoms with Crippen LogP contribution in [0.4, 0.5) is 26.4 Å². The Morgan fingerprint density at radius 1 is 1.17 bits per heavy atom. The minimum Gasteiger partial charge on any atom is -0.335 e. The number of hydrogen-bond acceptors (Lipinski definition) is 6. The van der Waals surface area contributed by atoms with Crippen molar-refractivity contribution >= 4 is 28.6 Å². The molecule has 4 heterocycles. The van der Waals surface area contributed by atoms with Crippen LogP contribution in [-0.2, 0) is 7.05 Å². The molecule has 1 N–H and O–H groups in total. The molecule has 0 spiro atoms. The molecule has 5 rings (SSSR count). The van der Waals surface area contributed by atoms with E-state index in [2.05, 4.69) is 20.3 Å². The molecule has 2 aliphatic rings. The molecule has 3 aromatic heterocycles. The zero-order chi connectivity index (χ0) is 20.9. The van der Waals surface area contributed by atoms with E-state index in [1.807, 2.05) is 10.6 Å². The zero-order valence-corrected chi connectivity index (χ0v) is 16.7. The first-order valence-corrected chi connectivity index (χ1v) is 10.2. The maximum absolute atomic E-state index is 13.5. The normalized spacial score (nSPS) is 19.1. The van der Waals surface area contributed by atoms with E-state index in [1.54, 1.807) is 23.9 Å². The number of nitrogens with one attached hydrogen (secondary N) is 1. The van der Waals surface area contributed by atoms with Crippen LogP contribution in [0.5, 0.6) is 0 Å². The van der Waals surface area contributed by atoms with Gasteiger partial charge in [0.1, 0.15) is 11.6 Å². The Balaban J connectivity index is 1.45. The topological polar surface area (TPSA) is 80.9 Å². The zero-order valence-electron chi connectivity index (χ0n) is 16.7. The standard InChI is InChI=1S/C20H23F2N7O/c1-27-15-11-24-17(10-14(15)29(19(27)30)13-4-2-3-5-13)25-16-6-8-23-18(26-16)28-9-7-20(21,22)12-28/h6,8,10-11,13H,2-5,7,9,12H2,1H3,(H,23,24,25,26). The molecular formula is C20H23F2N7O. The first kappa shape index (κ1) is 19.0. The van der Waals surface area contributed by atoms with Gasteiger partial charge in [-0.3, -0.25) is 9.13 Å². The van der Waals surface area contributed by atoms with Gasteiger partial charge >= 0.3 is 5.69 Å². The number of aryl methyl sites for hydroxylation is 1. The van der Waals surface area contributed by atoms with Gasteiger partial charge in [0.15, 0.2) is 0 Å². The summed E-state index contributed by atoms with van der Waals surface area (Å²) in [5.41, 5.74) is 1.58. The number of pyridine rings is 1. The third-order valence-electron chi connectivity index (χ3n) is 6.02. The maximum atomic E-state index is 13.5. The Morgan fingerprint density at radius 2 is 1.97 bits per heavy atom. The average Bonchev–Trinajstić information content (AvgIpc) is 3.42. The van der Waals surface area contributed by atoms with Crippen LogP contribution < -0.4 is 15.9 Å². The predicted molar refractivity (Wildman–Crippen MR) is 110 cm³/mol. The Labute approximate surface area is 171 Å². The summed E-state index contributed by atoms with van der Waals surface area (Å²) < 4.78 is 30.5. The molecule has 2 fully saturated rings. The van der Waals surface area contributed by atoms with Crippen LogP contribution in [0, 0.1) is 0 Å². The van der Waals surface area contributed by atoms with Crippen molar-refractivity contribution < 1.29 is 8.78 Å². The SMILES string of the molecule is Cn1c(=O)n(C2CCCC2)c2cc(Nc3ccnc(N4CCC(F)(F)C4)n3)ncc21. The number of alkyl halides is 2. The third-order valence-corrected chi connectivity index (χ3v) is 6.02. The molecule has 0 aromatic carbocycles. The number of imidazole rings is 1. The fourth-order valence-electron chi connectivity index (χ4n) is 4.45. The molecular weight excluding hydrogens is 392 g/mol. The molecule has 158 valence electrons. The van der Waals surface area contributed by atoms with Gasteiger partial charge in [-0.2, -0.15) is 4.98 Å². The lowest BCUT2D eigenvalue weighted by Gasteiger charge is -2.16. The minimum absolute atomic E-state index is 0.0323. The highest BCUT2D eigenvalue weighted by atomic mass is 19.3. The molecule has 0 amide bonds. The fourth-order valence-corrected chi connectivity index (χ4v) is 4.45. The van der Waals surface area contributed by atoms with Crippen LogP contribution >= 0.6 is 0 Å².